The molecular weight excluding hydrogens is 248 g/mol. The smallest absolute Gasteiger partial charge is 0.0602 e. The third-order valence-corrected chi connectivity index (χ3v) is 4.61. The van der Waals surface area contributed by atoms with Crippen LogP contribution in [0.25, 0.3) is 0 Å². The van der Waals surface area contributed by atoms with E-state index in [1.54, 1.807) is 0 Å². The molecule has 4 heteroatoms. The lowest BCUT2D eigenvalue weighted by atomic mass is 9.71. The molecule has 0 amide bonds. The second-order valence-corrected chi connectivity index (χ2v) is 5.74. The maximum absolute atomic E-state index is 6.39. The summed E-state index contributed by atoms with van der Waals surface area (Å²) in [5, 5.41) is 4.35. The molecular formula is C14H19ClN2O. The molecule has 3 nitrogen and oxygen atoms in total. The van der Waals surface area contributed by atoms with Crippen molar-refractivity contribution < 1.29 is 4.74 Å². The number of hydrogen-bond donors (Lipinski definition) is 1. The number of benzene rings is 1. The number of rotatable bonds is 2. The fraction of sp³-hybridized carbons (Fsp3) is 0.571. The van der Waals surface area contributed by atoms with Gasteiger partial charge < -0.3 is 10.1 Å². The highest BCUT2D eigenvalue weighted by atomic mass is 35.5. The Bertz CT molecular complexity index is 434. The van der Waals surface area contributed by atoms with Crippen LogP contribution in [-0.2, 0) is 10.2 Å². The van der Waals surface area contributed by atoms with Gasteiger partial charge in [-0.05, 0) is 18.7 Å². The van der Waals surface area contributed by atoms with E-state index >= 15 is 0 Å². The quantitative estimate of drug-likeness (QED) is 0.878. The summed E-state index contributed by atoms with van der Waals surface area (Å²) < 4.78 is 5.54. The summed E-state index contributed by atoms with van der Waals surface area (Å²) in [6.07, 6.45) is 0. The highest BCUT2D eigenvalue weighted by Crippen LogP contribution is 2.41. The molecule has 1 atom stereocenters. The standard InChI is InChI=1S/C14H19ClN2O/c1-17-7-6-16-8-13(17)14(9-18-10-14)11-4-2-3-5-12(11)15/h2-5,13,16H,6-10H2,1H3. The van der Waals surface area contributed by atoms with Gasteiger partial charge in [0.2, 0.25) is 0 Å². The van der Waals surface area contributed by atoms with E-state index in [4.69, 9.17) is 16.3 Å². The number of nitrogens with zero attached hydrogens (tertiary/aromatic N) is 1. The summed E-state index contributed by atoms with van der Waals surface area (Å²) in [7, 11) is 2.20. The molecule has 0 aromatic heterocycles. The number of nitrogens with one attached hydrogen (secondary N) is 1. The molecule has 1 aromatic carbocycles. The number of piperazine rings is 1. The van der Waals surface area contributed by atoms with Crippen LogP contribution in [0.1, 0.15) is 5.56 Å². The van der Waals surface area contributed by atoms with Crippen molar-refractivity contribution in [3.63, 3.8) is 0 Å². The predicted molar refractivity (Wildman–Crippen MR) is 73.2 cm³/mol. The molecule has 0 radical (unpaired) electrons. The zero-order chi connectivity index (χ0) is 12.6. The molecule has 98 valence electrons. The zero-order valence-electron chi connectivity index (χ0n) is 10.7. The van der Waals surface area contributed by atoms with Crippen molar-refractivity contribution in [2.24, 2.45) is 0 Å². The predicted octanol–water partition coefficient (Wildman–Crippen LogP) is 1.51. The average molecular weight is 267 g/mol. The SMILES string of the molecule is CN1CCNCC1C1(c2ccccc2Cl)COC1. The Morgan fingerprint density at radius 3 is 2.78 bits per heavy atom. The normalized spacial score (nSPS) is 27.8. The third-order valence-electron chi connectivity index (χ3n) is 4.28. The van der Waals surface area contributed by atoms with Crippen molar-refractivity contribution in [2.75, 3.05) is 39.9 Å². The van der Waals surface area contributed by atoms with E-state index in [9.17, 15) is 0 Å². The van der Waals surface area contributed by atoms with Gasteiger partial charge in [-0.15, -0.1) is 0 Å². The molecule has 0 spiro atoms. The van der Waals surface area contributed by atoms with Crippen LogP contribution in [0.2, 0.25) is 5.02 Å². The van der Waals surface area contributed by atoms with Gasteiger partial charge in [0.05, 0.1) is 18.6 Å². The van der Waals surface area contributed by atoms with E-state index in [1.165, 1.54) is 5.56 Å². The summed E-state index contributed by atoms with van der Waals surface area (Å²) in [6.45, 7) is 4.69. The Hall–Kier alpha value is -0.610. The van der Waals surface area contributed by atoms with Crippen LogP contribution in [0.4, 0.5) is 0 Å². The van der Waals surface area contributed by atoms with E-state index in [-0.39, 0.29) is 5.41 Å². The lowest BCUT2D eigenvalue weighted by Crippen LogP contribution is -2.66. The molecule has 1 N–H and O–H groups in total. The molecule has 3 rings (SSSR count). The monoisotopic (exact) mass is 266 g/mol. The number of likely N-dealkylation sites (N-methyl/N-ethyl adjacent to an activating group) is 1. The van der Waals surface area contributed by atoms with Crippen LogP contribution in [0.3, 0.4) is 0 Å². The second kappa shape index (κ2) is 4.82. The summed E-state index contributed by atoms with van der Waals surface area (Å²) >= 11 is 6.39. The van der Waals surface area contributed by atoms with Crippen molar-refractivity contribution >= 4 is 11.6 Å². The van der Waals surface area contributed by atoms with Crippen LogP contribution in [-0.4, -0.2) is 50.8 Å². The molecule has 2 aliphatic rings. The summed E-state index contributed by atoms with van der Waals surface area (Å²) in [6, 6.07) is 8.64. The lowest BCUT2D eigenvalue weighted by Gasteiger charge is -2.52. The minimum Gasteiger partial charge on any atom is -0.379 e. The molecule has 0 bridgehead atoms. The third kappa shape index (κ3) is 1.86. The molecule has 2 aliphatic heterocycles. The van der Waals surface area contributed by atoms with Crippen molar-refractivity contribution in [1.29, 1.82) is 0 Å². The van der Waals surface area contributed by atoms with Gasteiger partial charge in [0.1, 0.15) is 0 Å². The van der Waals surface area contributed by atoms with Gasteiger partial charge in [-0.1, -0.05) is 29.8 Å². The van der Waals surface area contributed by atoms with E-state index in [1.807, 2.05) is 12.1 Å². The first-order valence-electron chi connectivity index (χ1n) is 6.48. The molecule has 0 saturated carbocycles. The van der Waals surface area contributed by atoms with Gasteiger partial charge >= 0.3 is 0 Å². The highest BCUT2D eigenvalue weighted by molar-refractivity contribution is 6.31. The van der Waals surface area contributed by atoms with E-state index in [0.29, 0.717) is 6.04 Å². The first kappa shape index (κ1) is 12.4. The summed E-state index contributed by atoms with van der Waals surface area (Å²) in [4.78, 5) is 2.43. The van der Waals surface area contributed by atoms with Crippen LogP contribution in [0, 0.1) is 0 Å². The lowest BCUT2D eigenvalue weighted by molar-refractivity contribution is -0.103. The maximum atomic E-state index is 6.39. The largest absolute Gasteiger partial charge is 0.379 e. The molecule has 0 aliphatic carbocycles. The van der Waals surface area contributed by atoms with Gasteiger partial charge in [-0.25, -0.2) is 0 Å². The molecule has 2 fully saturated rings. The number of hydrogen-bond acceptors (Lipinski definition) is 3. The minimum absolute atomic E-state index is 0.0561. The van der Waals surface area contributed by atoms with E-state index in [2.05, 4.69) is 29.4 Å². The van der Waals surface area contributed by atoms with E-state index in [0.717, 1.165) is 37.9 Å². The number of halogens is 1. The van der Waals surface area contributed by atoms with E-state index < -0.39 is 0 Å². The van der Waals surface area contributed by atoms with Crippen molar-refractivity contribution in [1.82, 2.24) is 10.2 Å². The van der Waals surface area contributed by atoms with Crippen molar-refractivity contribution in [3.05, 3.63) is 34.9 Å². The van der Waals surface area contributed by atoms with Gasteiger partial charge in [-0.3, -0.25) is 4.90 Å². The minimum atomic E-state index is 0.0561. The first-order chi connectivity index (χ1) is 8.74. The topological polar surface area (TPSA) is 24.5 Å². The fourth-order valence-electron chi connectivity index (χ4n) is 3.14. The van der Waals surface area contributed by atoms with Gasteiger partial charge in [0.25, 0.3) is 0 Å². The van der Waals surface area contributed by atoms with Crippen LogP contribution < -0.4 is 5.32 Å². The highest BCUT2D eigenvalue weighted by Gasteiger charge is 2.50. The Morgan fingerprint density at radius 1 is 1.39 bits per heavy atom. The Kier molecular flexibility index (Phi) is 3.32. The van der Waals surface area contributed by atoms with Crippen LogP contribution in [0.5, 0.6) is 0 Å². The van der Waals surface area contributed by atoms with Crippen LogP contribution >= 0.6 is 11.6 Å². The second-order valence-electron chi connectivity index (χ2n) is 5.33. The summed E-state index contributed by atoms with van der Waals surface area (Å²) in [5.74, 6) is 0. The van der Waals surface area contributed by atoms with Gasteiger partial charge in [0.15, 0.2) is 0 Å². The number of ether oxygens (including phenoxy) is 1. The zero-order valence-corrected chi connectivity index (χ0v) is 11.4. The summed E-state index contributed by atoms with van der Waals surface area (Å²) in [5.41, 5.74) is 1.29. The van der Waals surface area contributed by atoms with Gasteiger partial charge in [-0.2, -0.15) is 0 Å². The molecule has 18 heavy (non-hydrogen) atoms. The van der Waals surface area contributed by atoms with Crippen LogP contribution in [0.15, 0.2) is 24.3 Å². The van der Waals surface area contributed by atoms with Gasteiger partial charge in [0, 0.05) is 30.7 Å². The van der Waals surface area contributed by atoms with Crippen molar-refractivity contribution in [3.8, 4) is 0 Å². The Morgan fingerprint density at radius 2 is 2.17 bits per heavy atom. The first-order valence-corrected chi connectivity index (χ1v) is 6.85. The molecule has 1 aromatic rings. The molecule has 1 unspecified atom stereocenters. The fourth-order valence-corrected chi connectivity index (χ4v) is 3.46. The Balaban J connectivity index is 1.97. The molecule has 2 heterocycles. The average Bonchev–Trinajstić information content (AvgIpc) is 2.32. The van der Waals surface area contributed by atoms with Crippen molar-refractivity contribution in [2.45, 2.75) is 11.5 Å². The maximum Gasteiger partial charge on any atom is 0.0602 e. The molecule has 2 saturated heterocycles. The Labute approximate surface area is 113 Å².